The Morgan fingerprint density at radius 2 is 1.88 bits per heavy atom. The summed E-state index contributed by atoms with van der Waals surface area (Å²) in [6.07, 6.45) is 1.92. The van der Waals surface area contributed by atoms with Gasteiger partial charge in [-0.2, -0.15) is 13.7 Å². The highest BCUT2D eigenvalue weighted by atomic mass is 32.2. The second kappa shape index (κ2) is 7.70. The van der Waals surface area contributed by atoms with Gasteiger partial charge in [-0.15, -0.1) is 0 Å². The Balaban J connectivity index is 2.70. The Hall–Kier alpha value is -1.33. The van der Waals surface area contributed by atoms with E-state index in [1.807, 2.05) is 27.7 Å². The third-order valence-electron chi connectivity index (χ3n) is 3.99. The van der Waals surface area contributed by atoms with Crippen molar-refractivity contribution in [1.82, 2.24) is 4.90 Å². The Labute approximate surface area is 145 Å². The van der Waals surface area contributed by atoms with Crippen molar-refractivity contribution in [3.05, 3.63) is 0 Å². The summed E-state index contributed by atoms with van der Waals surface area (Å²) in [6.45, 7) is 8.08. The molecule has 1 atom stereocenters. The summed E-state index contributed by atoms with van der Waals surface area (Å²) < 4.78 is 33.1. The summed E-state index contributed by atoms with van der Waals surface area (Å²) in [5, 5.41) is 9.61. The molecule has 1 heterocycles. The van der Waals surface area contributed by atoms with Gasteiger partial charge in [-0.1, -0.05) is 6.92 Å². The SMILES string of the molecule is CC[C@H](CC1(C#N)CCN(C(=O)OC(C)(C)C)CC1)OS(C)(=O)=O. The first-order valence-corrected chi connectivity index (χ1v) is 9.99. The van der Waals surface area contributed by atoms with E-state index in [-0.39, 0.29) is 6.09 Å². The maximum atomic E-state index is 12.1. The van der Waals surface area contributed by atoms with Crippen LogP contribution in [-0.4, -0.2) is 50.5 Å². The Kier molecular flexibility index (Phi) is 6.65. The molecule has 0 aliphatic carbocycles. The van der Waals surface area contributed by atoms with E-state index in [0.29, 0.717) is 38.8 Å². The summed E-state index contributed by atoms with van der Waals surface area (Å²) in [5.74, 6) is 0. The molecule has 1 amide bonds. The van der Waals surface area contributed by atoms with Crippen molar-refractivity contribution in [3.8, 4) is 6.07 Å². The number of carbonyl (C=O) groups is 1. The Bertz CT molecular complexity index is 581. The fraction of sp³-hybridized carbons (Fsp3) is 0.875. The summed E-state index contributed by atoms with van der Waals surface area (Å²) in [5.41, 5.74) is -1.23. The van der Waals surface area contributed by atoms with Gasteiger partial charge in [0, 0.05) is 13.1 Å². The predicted molar refractivity (Wildman–Crippen MR) is 89.7 cm³/mol. The molecule has 24 heavy (non-hydrogen) atoms. The van der Waals surface area contributed by atoms with Gasteiger partial charge >= 0.3 is 6.09 Å². The van der Waals surface area contributed by atoms with E-state index in [2.05, 4.69) is 6.07 Å². The molecular formula is C16H28N2O5S. The summed E-state index contributed by atoms with van der Waals surface area (Å²) >= 11 is 0. The number of hydrogen-bond acceptors (Lipinski definition) is 6. The van der Waals surface area contributed by atoms with Crippen LogP contribution >= 0.6 is 0 Å². The van der Waals surface area contributed by atoms with E-state index in [1.54, 1.807) is 4.90 Å². The molecule has 7 nitrogen and oxygen atoms in total. The molecule has 1 aliphatic rings. The average Bonchev–Trinajstić information content (AvgIpc) is 2.44. The van der Waals surface area contributed by atoms with Crippen molar-refractivity contribution in [2.45, 2.75) is 65.1 Å². The van der Waals surface area contributed by atoms with Crippen LogP contribution in [-0.2, 0) is 19.0 Å². The lowest BCUT2D eigenvalue weighted by atomic mass is 9.75. The van der Waals surface area contributed by atoms with Gasteiger partial charge < -0.3 is 9.64 Å². The van der Waals surface area contributed by atoms with Crippen molar-refractivity contribution in [2.75, 3.05) is 19.3 Å². The second-order valence-corrected chi connectivity index (χ2v) is 8.99. The molecule has 8 heteroatoms. The number of nitriles is 1. The molecule has 0 aromatic rings. The highest BCUT2D eigenvalue weighted by Gasteiger charge is 2.39. The van der Waals surface area contributed by atoms with Crippen LogP contribution in [0.2, 0.25) is 0 Å². The molecule has 1 fully saturated rings. The maximum absolute atomic E-state index is 12.1. The Morgan fingerprint density at radius 3 is 2.25 bits per heavy atom. The normalized spacial score (nSPS) is 19.4. The minimum atomic E-state index is -3.56. The second-order valence-electron chi connectivity index (χ2n) is 7.39. The fourth-order valence-corrected chi connectivity index (χ4v) is 3.43. The lowest BCUT2D eigenvalue weighted by Crippen LogP contribution is -2.45. The molecule has 1 rings (SSSR count). The Morgan fingerprint density at radius 1 is 1.33 bits per heavy atom. The summed E-state index contributed by atoms with van der Waals surface area (Å²) in [7, 11) is -3.56. The van der Waals surface area contributed by atoms with Crippen LogP contribution in [0.1, 0.15) is 53.4 Å². The van der Waals surface area contributed by atoms with E-state index in [1.165, 1.54) is 0 Å². The lowest BCUT2D eigenvalue weighted by Gasteiger charge is -2.39. The largest absolute Gasteiger partial charge is 0.444 e. The van der Waals surface area contributed by atoms with Gasteiger partial charge in [0.2, 0.25) is 0 Å². The van der Waals surface area contributed by atoms with Gasteiger partial charge in [-0.05, 0) is 46.5 Å². The van der Waals surface area contributed by atoms with E-state index < -0.39 is 27.2 Å². The molecule has 1 aliphatic heterocycles. The third kappa shape index (κ3) is 6.65. The van der Waals surface area contributed by atoms with Crippen molar-refractivity contribution >= 4 is 16.2 Å². The number of amides is 1. The van der Waals surface area contributed by atoms with Gasteiger partial charge in [-0.3, -0.25) is 4.18 Å². The third-order valence-corrected chi connectivity index (χ3v) is 4.62. The summed E-state index contributed by atoms with van der Waals surface area (Å²) in [6, 6.07) is 2.32. The standard InChI is InChI=1S/C16H28N2O5S/c1-6-13(23-24(5,20)21)11-16(12-17)7-9-18(10-8-16)14(19)22-15(2,3)4/h13H,6-11H2,1-5H3/t13-/m1/s1. The van der Waals surface area contributed by atoms with E-state index in [4.69, 9.17) is 8.92 Å². The van der Waals surface area contributed by atoms with Crippen molar-refractivity contribution in [2.24, 2.45) is 5.41 Å². The monoisotopic (exact) mass is 360 g/mol. The number of piperidine rings is 1. The molecule has 138 valence electrons. The fourth-order valence-electron chi connectivity index (χ4n) is 2.73. The van der Waals surface area contributed by atoms with E-state index >= 15 is 0 Å². The smallest absolute Gasteiger partial charge is 0.410 e. The quantitative estimate of drug-likeness (QED) is 0.699. The van der Waals surface area contributed by atoms with Crippen molar-refractivity contribution in [1.29, 1.82) is 5.26 Å². The zero-order valence-corrected chi connectivity index (χ0v) is 16.0. The minimum Gasteiger partial charge on any atom is -0.444 e. The van der Waals surface area contributed by atoms with Crippen LogP contribution in [0.3, 0.4) is 0 Å². The molecule has 1 saturated heterocycles. The summed E-state index contributed by atoms with van der Waals surface area (Å²) in [4.78, 5) is 13.7. The van der Waals surface area contributed by atoms with Crippen LogP contribution in [0.5, 0.6) is 0 Å². The maximum Gasteiger partial charge on any atom is 0.410 e. The molecule has 0 bridgehead atoms. The van der Waals surface area contributed by atoms with Crippen LogP contribution in [0, 0.1) is 16.7 Å². The van der Waals surface area contributed by atoms with Gasteiger partial charge in [0.25, 0.3) is 10.1 Å². The van der Waals surface area contributed by atoms with Crippen LogP contribution in [0.15, 0.2) is 0 Å². The molecule has 0 aromatic heterocycles. The number of rotatable bonds is 5. The highest BCUT2D eigenvalue weighted by molar-refractivity contribution is 7.86. The molecule has 0 saturated carbocycles. The number of hydrogen-bond donors (Lipinski definition) is 0. The zero-order chi connectivity index (χ0) is 18.6. The van der Waals surface area contributed by atoms with Gasteiger partial charge in [0.15, 0.2) is 0 Å². The predicted octanol–water partition coefficient (Wildman–Crippen LogP) is 2.67. The minimum absolute atomic E-state index is 0.342. The number of nitrogens with zero attached hydrogens (tertiary/aromatic N) is 2. The molecule has 0 spiro atoms. The van der Waals surface area contributed by atoms with Gasteiger partial charge in [0.05, 0.1) is 23.8 Å². The molecule has 0 unspecified atom stereocenters. The first-order valence-electron chi connectivity index (χ1n) is 8.17. The lowest BCUT2D eigenvalue weighted by molar-refractivity contribution is 0.0113. The zero-order valence-electron chi connectivity index (χ0n) is 15.2. The molecular weight excluding hydrogens is 332 g/mol. The van der Waals surface area contributed by atoms with Crippen LogP contribution in [0.25, 0.3) is 0 Å². The van der Waals surface area contributed by atoms with E-state index in [9.17, 15) is 18.5 Å². The first kappa shape index (κ1) is 20.7. The average molecular weight is 360 g/mol. The number of carbonyl (C=O) groups excluding carboxylic acids is 1. The van der Waals surface area contributed by atoms with Crippen LogP contribution < -0.4 is 0 Å². The topological polar surface area (TPSA) is 96.7 Å². The van der Waals surface area contributed by atoms with Gasteiger partial charge in [-0.25, -0.2) is 4.79 Å². The number of ether oxygens (including phenoxy) is 1. The molecule has 0 radical (unpaired) electrons. The number of likely N-dealkylation sites (tertiary alicyclic amines) is 1. The highest BCUT2D eigenvalue weighted by Crippen LogP contribution is 2.37. The van der Waals surface area contributed by atoms with Crippen LogP contribution in [0.4, 0.5) is 4.79 Å². The molecule has 0 N–H and O–H groups in total. The van der Waals surface area contributed by atoms with E-state index in [0.717, 1.165) is 6.26 Å². The first-order chi connectivity index (χ1) is 10.9. The van der Waals surface area contributed by atoms with Gasteiger partial charge in [0.1, 0.15) is 5.60 Å². The molecule has 0 aromatic carbocycles. The van der Waals surface area contributed by atoms with Crippen molar-refractivity contribution in [3.63, 3.8) is 0 Å². The van der Waals surface area contributed by atoms with Crippen molar-refractivity contribution < 1.29 is 22.1 Å².